The molecule has 0 fully saturated rings. The lowest BCUT2D eigenvalue weighted by molar-refractivity contribution is 0.0947. The number of nitrogens with zero attached hydrogens (tertiary/aromatic N) is 4. The molecule has 0 bridgehead atoms. The highest BCUT2D eigenvalue weighted by atomic mass is 16.5. The van der Waals surface area contributed by atoms with Crippen molar-refractivity contribution in [2.45, 2.75) is 13.8 Å². The van der Waals surface area contributed by atoms with Gasteiger partial charge in [0.15, 0.2) is 0 Å². The Balaban J connectivity index is 0.000000220. The van der Waals surface area contributed by atoms with Gasteiger partial charge < -0.3 is 9.47 Å². The summed E-state index contributed by atoms with van der Waals surface area (Å²) in [7, 11) is 0. The number of pyridine rings is 2. The number of amides is 2. The lowest BCUT2D eigenvalue weighted by atomic mass is 10.2. The quantitative estimate of drug-likeness (QED) is 0.226. The minimum atomic E-state index is -0.280. The van der Waals surface area contributed by atoms with Crippen LogP contribution in [0.1, 0.15) is 45.7 Å². The molecule has 0 saturated carbocycles. The van der Waals surface area contributed by atoms with Crippen LogP contribution in [0.4, 0.5) is 0 Å². The smallest absolute Gasteiger partial charge is 0.271 e. The number of hydrazone groups is 2. The maximum absolute atomic E-state index is 11.8. The first-order chi connectivity index (χ1) is 19.6. The highest BCUT2D eigenvalue weighted by Crippen LogP contribution is 2.16. The van der Waals surface area contributed by atoms with E-state index >= 15 is 0 Å². The second-order valence-electron chi connectivity index (χ2n) is 7.81. The second-order valence-corrected chi connectivity index (χ2v) is 7.81. The lowest BCUT2D eigenvalue weighted by Gasteiger charge is -2.05. The highest BCUT2D eigenvalue weighted by molar-refractivity contribution is 5.95. The normalized spacial score (nSPS) is 10.4. The average molecular weight is 539 g/mol. The van der Waals surface area contributed by atoms with Crippen LogP contribution in [0.25, 0.3) is 0 Å². The number of benzene rings is 2. The molecule has 2 amide bonds. The van der Waals surface area contributed by atoms with E-state index in [2.05, 4.69) is 31.0 Å². The van der Waals surface area contributed by atoms with Gasteiger partial charge in [-0.15, -0.1) is 0 Å². The number of carbonyl (C=O) groups is 2. The Morgan fingerprint density at radius 1 is 0.650 bits per heavy atom. The first-order valence-electron chi connectivity index (χ1n) is 12.5. The molecule has 2 aromatic carbocycles. The first-order valence-corrected chi connectivity index (χ1v) is 12.5. The Bertz CT molecular complexity index is 1300. The molecule has 4 rings (SSSR count). The van der Waals surface area contributed by atoms with E-state index in [1.165, 1.54) is 0 Å². The molecule has 0 spiro atoms. The van der Waals surface area contributed by atoms with Crippen LogP contribution >= 0.6 is 0 Å². The fourth-order valence-corrected chi connectivity index (χ4v) is 3.20. The Kier molecular flexibility index (Phi) is 12.0. The molecular weight excluding hydrogens is 508 g/mol. The number of aromatic nitrogens is 2. The third kappa shape index (κ3) is 9.49. The van der Waals surface area contributed by atoms with Gasteiger partial charge in [-0.2, -0.15) is 10.2 Å². The van der Waals surface area contributed by atoms with Gasteiger partial charge in [-0.05, 0) is 62.4 Å². The van der Waals surface area contributed by atoms with Crippen molar-refractivity contribution in [3.63, 3.8) is 0 Å². The third-order valence-electron chi connectivity index (χ3n) is 5.06. The van der Waals surface area contributed by atoms with Crippen LogP contribution in [0, 0.1) is 0 Å². The summed E-state index contributed by atoms with van der Waals surface area (Å²) in [6, 6.07) is 21.5. The summed E-state index contributed by atoms with van der Waals surface area (Å²) in [5, 5.41) is 7.87. The standard InChI is InChI=1S/2C15H15N3O2/c2*1-2-20-14-6-4-3-5-13(14)11-17-18-15(19)12-7-9-16-10-8-12/h2*3-11H,2H2,1H3,(H,18,19)/b2*17-11+. The largest absolute Gasteiger partial charge is 0.493 e. The summed E-state index contributed by atoms with van der Waals surface area (Å²) in [5.41, 5.74) is 7.57. The van der Waals surface area contributed by atoms with E-state index < -0.39 is 0 Å². The first kappa shape index (κ1) is 29.2. The molecule has 4 aromatic rings. The molecule has 0 aliphatic carbocycles. The number of ether oxygens (including phenoxy) is 2. The van der Waals surface area contributed by atoms with Gasteiger partial charge >= 0.3 is 0 Å². The molecule has 0 unspecified atom stereocenters. The van der Waals surface area contributed by atoms with Crippen LogP contribution in [-0.2, 0) is 0 Å². The fourth-order valence-electron chi connectivity index (χ4n) is 3.20. The molecule has 2 N–H and O–H groups in total. The van der Waals surface area contributed by atoms with Crippen LogP contribution in [0.3, 0.4) is 0 Å². The van der Waals surface area contributed by atoms with Gasteiger partial charge in [0.2, 0.25) is 0 Å². The molecule has 204 valence electrons. The van der Waals surface area contributed by atoms with Crippen LogP contribution in [-0.4, -0.2) is 47.4 Å². The van der Waals surface area contributed by atoms with Gasteiger partial charge in [0.25, 0.3) is 11.8 Å². The molecule has 2 aromatic heterocycles. The Morgan fingerprint density at radius 3 is 1.40 bits per heavy atom. The maximum Gasteiger partial charge on any atom is 0.271 e. The second kappa shape index (κ2) is 16.5. The summed E-state index contributed by atoms with van der Waals surface area (Å²) in [6.07, 6.45) is 9.35. The van der Waals surface area contributed by atoms with Crippen LogP contribution < -0.4 is 20.3 Å². The predicted octanol–water partition coefficient (Wildman–Crippen LogP) is 4.49. The van der Waals surface area contributed by atoms with E-state index in [9.17, 15) is 9.59 Å². The highest BCUT2D eigenvalue weighted by Gasteiger charge is 2.04. The zero-order chi connectivity index (χ0) is 28.4. The number of nitrogens with one attached hydrogen (secondary N) is 2. The van der Waals surface area contributed by atoms with Gasteiger partial charge in [-0.3, -0.25) is 19.6 Å². The molecule has 0 atom stereocenters. The minimum Gasteiger partial charge on any atom is -0.493 e. The van der Waals surface area contributed by atoms with E-state index in [-0.39, 0.29) is 11.8 Å². The van der Waals surface area contributed by atoms with E-state index in [1.54, 1.807) is 61.5 Å². The van der Waals surface area contributed by atoms with Crippen molar-refractivity contribution in [1.82, 2.24) is 20.8 Å². The molecule has 0 saturated heterocycles. The van der Waals surface area contributed by atoms with Crippen LogP contribution in [0.2, 0.25) is 0 Å². The monoisotopic (exact) mass is 538 g/mol. The van der Waals surface area contributed by atoms with E-state index in [4.69, 9.17) is 9.47 Å². The van der Waals surface area contributed by atoms with Crippen molar-refractivity contribution in [3.8, 4) is 11.5 Å². The average Bonchev–Trinajstić information content (AvgIpc) is 3.00. The van der Waals surface area contributed by atoms with Crippen molar-refractivity contribution in [2.24, 2.45) is 10.2 Å². The van der Waals surface area contributed by atoms with Gasteiger partial charge in [-0.1, -0.05) is 24.3 Å². The lowest BCUT2D eigenvalue weighted by Crippen LogP contribution is -2.17. The van der Waals surface area contributed by atoms with Crippen molar-refractivity contribution < 1.29 is 19.1 Å². The summed E-state index contributed by atoms with van der Waals surface area (Å²) in [6.45, 7) is 4.99. The minimum absolute atomic E-state index is 0.280. The van der Waals surface area contributed by atoms with Crippen LogP contribution in [0.5, 0.6) is 11.5 Å². The Morgan fingerprint density at radius 2 is 1.02 bits per heavy atom. The molecular formula is C30H30N6O4. The zero-order valence-corrected chi connectivity index (χ0v) is 22.2. The van der Waals surface area contributed by atoms with E-state index in [0.29, 0.717) is 24.3 Å². The Labute approximate surface area is 232 Å². The van der Waals surface area contributed by atoms with Gasteiger partial charge in [0, 0.05) is 47.0 Å². The molecule has 40 heavy (non-hydrogen) atoms. The third-order valence-corrected chi connectivity index (χ3v) is 5.06. The molecule has 10 nitrogen and oxygen atoms in total. The number of carbonyl (C=O) groups excluding carboxylic acids is 2. The van der Waals surface area contributed by atoms with Crippen molar-refractivity contribution in [1.29, 1.82) is 0 Å². The molecule has 0 aliphatic rings. The van der Waals surface area contributed by atoms with E-state index in [0.717, 1.165) is 22.6 Å². The van der Waals surface area contributed by atoms with Crippen molar-refractivity contribution in [3.05, 3.63) is 120 Å². The topological polar surface area (TPSA) is 127 Å². The summed E-state index contributed by atoms with van der Waals surface area (Å²) < 4.78 is 10.9. The number of hydrogen-bond acceptors (Lipinski definition) is 8. The predicted molar refractivity (Wildman–Crippen MR) is 154 cm³/mol. The SMILES string of the molecule is CCOc1ccccc1/C=N/NC(=O)c1ccncc1.CCOc1ccccc1/C=N/NC(=O)c1ccncc1. The summed E-state index contributed by atoms with van der Waals surface area (Å²) in [5.74, 6) is 0.906. The molecule has 0 aliphatic heterocycles. The Hall–Kier alpha value is -5.38. The van der Waals surface area contributed by atoms with Crippen molar-refractivity contribution in [2.75, 3.05) is 13.2 Å². The van der Waals surface area contributed by atoms with Gasteiger partial charge in [0.05, 0.1) is 25.6 Å². The van der Waals surface area contributed by atoms with Gasteiger partial charge in [0.1, 0.15) is 11.5 Å². The van der Waals surface area contributed by atoms with Crippen LogP contribution in [0.15, 0.2) is 108 Å². The summed E-state index contributed by atoms with van der Waals surface area (Å²) in [4.78, 5) is 31.2. The molecule has 0 radical (unpaired) electrons. The number of hydrogen-bond donors (Lipinski definition) is 2. The molecule has 2 heterocycles. The number of para-hydroxylation sites is 2. The van der Waals surface area contributed by atoms with Crippen molar-refractivity contribution >= 4 is 24.2 Å². The number of rotatable bonds is 10. The summed E-state index contributed by atoms with van der Waals surface area (Å²) >= 11 is 0. The zero-order valence-electron chi connectivity index (χ0n) is 22.2. The maximum atomic E-state index is 11.8. The van der Waals surface area contributed by atoms with E-state index in [1.807, 2.05) is 62.4 Å². The van der Waals surface area contributed by atoms with Gasteiger partial charge in [-0.25, -0.2) is 10.9 Å². The fraction of sp³-hybridized carbons (Fsp3) is 0.133. The molecule has 10 heteroatoms.